The molecule has 1 aromatic heterocycles. The summed E-state index contributed by atoms with van der Waals surface area (Å²) in [6.45, 7) is 0. The van der Waals surface area contributed by atoms with Crippen LogP contribution in [0.5, 0.6) is 0 Å². The Hall–Kier alpha value is -0.710. The van der Waals surface area contributed by atoms with Gasteiger partial charge in [-0.3, -0.25) is 4.98 Å². The monoisotopic (exact) mass is 236 g/mol. The number of hydrogen-bond acceptors (Lipinski definition) is 2. The Bertz CT molecular complexity index is 278. The summed E-state index contributed by atoms with van der Waals surface area (Å²) in [5, 5.41) is 0.298. The number of anilines is 1. The van der Waals surface area contributed by atoms with Crippen molar-refractivity contribution in [2.75, 3.05) is 5.73 Å². The Balaban J connectivity index is 3.18. The summed E-state index contributed by atoms with van der Waals surface area (Å²) in [6, 6.07) is 1.50. The molecule has 0 aliphatic carbocycles. The first-order valence-electron chi connectivity index (χ1n) is 3.24. The third-order valence-electron chi connectivity index (χ3n) is 1.47. The van der Waals surface area contributed by atoms with Crippen molar-refractivity contribution >= 4 is 21.6 Å². The maximum Gasteiger partial charge on any atom is 0.280 e. The predicted octanol–water partition coefficient (Wildman–Crippen LogP) is 2.50. The van der Waals surface area contributed by atoms with Crippen LogP contribution in [0.2, 0.25) is 0 Å². The number of pyridine rings is 1. The molecule has 66 valence electrons. The van der Waals surface area contributed by atoms with E-state index in [-0.39, 0.29) is 5.69 Å². The van der Waals surface area contributed by atoms with Gasteiger partial charge in [0, 0.05) is 22.8 Å². The van der Waals surface area contributed by atoms with Crippen LogP contribution in [0.15, 0.2) is 12.3 Å². The lowest BCUT2D eigenvalue weighted by atomic mass is 10.2. The van der Waals surface area contributed by atoms with Crippen molar-refractivity contribution in [1.82, 2.24) is 4.98 Å². The van der Waals surface area contributed by atoms with Gasteiger partial charge in [-0.15, -0.1) is 0 Å². The molecule has 0 atom stereocenters. The van der Waals surface area contributed by atoms with Gasteiger partial charge in [-0.1, -0.05) is 15.9 Å². The fourth-order valence-corrected chi connectivity index (χ4v) is 1.47. The van der Waals surface area contributed by atoms with Gasteiger partial charge in [0.1, 0.15) is 5.69 Å². The first-order valence-corrected chi connectivity index (χ1v) is 4.36. The molecule has 0 radical (unpaired) electrons. The highest BCUT2D eigenvalue weighted by molar-refractivity contribution is 9.08. The molecule has 0 saturated heterocycles. The van der Waals surface area contributed by atoms with Gasteiger partial charge in [-0.05, 0) is 6.07 Å². The molecule has 0 fully saturated rings. The molecule has 0 amide bonds. The molecule has 0 aliphatic heterocycles. The van der Waals surface area contributed by atoms with E-state index in [9.17, 15) is 8.78 Å². The summed E-state index contributed by atoms with van der Waals surface area (Å²) in [7, 11) is 0. The van der Waals surface area contributed by atoms with Crippen LogP contribution in [0.3, 0.4) is 0 Å². The van der Waals surface area contributed by atoms with E-state index in [1.165, 1.54) is 12.3 Å². The predicted molar refractivity (Wildman–Crippen MR) is 46.2 cm³/mol. The van der Waals surface area contributed by atoms with Gasteiger partial charge in [-0.25, -0.2) is 8.78 Å². The van der Waals surface area contributed by atoms with Crippen LogP contribution in [0, 0.1) is 0 Å². The average Bonchev–Trinajstić information content (AvgIpc) is 2.03. The van der Waals surface area contributed by atoms with Crippen LogP contribution in [0.4, 0.5) is 14.5 Å². The van der Waals surface area contributed by atoms with Crippen LogP contribution in [-0.2, 0) is 5.33 Å². The molecule has 2 nitrogen and oxygen atoms in total. The van der Waals surface area contributed by atoms with E-state index in [2.05, 4.69) is 20.9 Å². The van der Waals surface area contributed by atoms with Crippen LogP contribution in [0.25, 0.3) is 0 Å². The standard InChI is InChI=1S/C7H7BrF2N2/c8-3-4-5(11)1-2-12-6(4)7(9)10/h1-2,7H,3H2,(H2,11,12). The smallest absolute Gasteiger partial charge is 0.280 e. The summed E-state index contributed by atoms with van der Waals surface area (Å²) in [4.78, 5) is 3.55. The molecule has 0 spiro atoms. The maximum absolute atomic E-state index is 12.3. The Morgan fingerprint density at radius 2 is 2.25 bits per heavy atom. The van der Waals surface area contributed by atoms with Crippen LogP contribution >= 0.6 is 15.9 Å². The Morgan fingerprint density at radius 1 is 1.58 bits per heavy atom. The van der Waals surface area contributed by atoms with Gasteiger partial charge >= 0.3 is 0 Å². The Morgan fingerprint density at radius 3 is 2.67 bits per heavy atom. The van der Waals surface area contributed by atoms with Crippen molar-refractivity contribution in [2.24, 2.45) is 0 Å². The van der Waals surface area contributed by atoms with Crippen molar-refractivity contribution in [1.29, 1.82) is 0 Å². The third kappa shape index (κ3) is 1.72. The van der Waals surface area contributed by atoms with Crippen LogP contribution < -0.4 is 5.73 Å². The fraction of sp³-hybridized carbons (Fsp3) is 0.286. The topological polar surface area (TPSA) is 38.9 Å². The summed E-state index contributed by atoms with van der Waals surface area (Å²) < 4.78 is 24.5. The van der Waals surface area contributed by atoms with Crippen molar-refractivity contribution in [3.05, 3.63) is 23.5 Å². The molecule has 5 heteroatoms. The number of alkyl halides is 3. The molecular weight excluding hydrogens is 230 g/mol. The lowest BCUT2D eigenvalue weighted by molar-refractivity contribution is 0.145. The summed E-state index contributed by atoms with van der Waals surface area (Å²) in [5.74, 6) is 0. The normalized spacial score (nSPS) is 10.7. The summed E-state index contributed by atoms with van der Waals surface area (Å²) in [5.41, 5.74) is 5.94. The number of nitrogens with zero attached hydrogens (tertiary/aromatic N) is 1. The zero-order valence-corrected chi connectivity index (χ0v) is 7.68. The minimum atomic E-state index is -2.57. The minimum Gasteiger partial charge on any atom is -0.398 e. The minimum absolute atomic E-state index is 0.244. The van der Waals surface area contributed by atoms with E-state index >= 15 is 0 Å². The van der Waals surface area contributed by atoms with Gasteiger partial charge in [0.2, 0.25) is 0 Å². The highest BCUT2D eigenvalue weighted by Crippen LogP contribution is 2.26. The van der Waals surface area contributed by atoms with Gasteiger partial charge < -0.3 is 5.73 Å². The molecule has 2 N–H and O–H groups in total. The van der Waals surface area contributed by atoms with Crippen molar-refractivity contribution < 1.29 is 8.78 Å². The molecule has 12 heavy (non-hydrogen) atoms. The van der Waals surface area contributed by atoms with Crippen LogP contribution in [0.1, 0.15) is 17.7 Å². The number of rotatable bonds is 2. The zero-order valence-electron chi connectivity index (χ0n) is 6.10. The first kappa shape index (κ1) is 9.38. The van der Waals surface area contributed by atoms with E-state index in [1.54, 1.807) is 0 Å². The van der Waals surface area contributed by atoms with E-state index in [1.807, 2.05) is 0 Å². The van der Waals surface area contributed by atoms with Gasteiger partial charge in [0.05, 0.1) is 0 Å². The highest BCUT2D eigenvalue weighted by atomic mass is 79.9. The van der Waals surface area contributed by atoms with Gasteiger partial charge in [-0.2, -0.15) is 0 Å². The molecule has 0 aromatic carbocycles. The van der Waals surface area contributed by atoms with Crippen LogP contribution in [-0.4, -0.2) is 4.98 Å². The Kier molecular flexibility index (Phi) is 2.97. The molecule has 0 aliphatic rings. The fourth-order valence-electron chi connectivity index (χ4n) is 0.858. The Labute approximate surface area is 76.9 Å². The maximum atomic E-state index is 12.3. The lowest BCUT2D eigenvalue weighted by Gasteiger charge is -2.06. The average molecular weight is 237 g/mol. The number of nitrogens with two attached hydrogens (primary N) is 1. The molecule has 1 aromatic rings. The summed E-state index contributed by atoms with van der Waals surface area (Å²) >= 11 is 3.07. The SMILES string of the molecule is Nc1ccnc(C(F)F)c1CBr. The van der Waals surface area contributed by atoms with Gasteiger partial charge in [0.25, 0.3) is 6.43 Å². The molecule has 0 saturated carbocycles. The zero-order chi connectivity index (χ0) is 9.14. The number of hydrogen-bond donors (Lipinski definition) is 1. The first-order chi connectivity index (χ1) is 5.66. The largest absolute Gasteiger partial charge is 0.398 e. The van der Waals surface area contributed by atoms with Crippen molar-refractivity contribution in [3.8, 4) is 0 Å². The molecule has 0 unspecified atom stereocenters. The lowest BCUT2D eigenvalue weighted by Crippen LogP contribution is -2.00. The molecule has 1 rings (SSSR count). The second-order valence-electron chi connectivity index (χ2n) is 2.20. The summed E-state index contributed by atoms with van der Waals surface area (Å²) in [6.07, 6.45) is -1.29. The molecular formula is C7H7BrF2N2. The van der Waals surface area contributed by atoms with Crippen molar-refractivity contribution in [2.45, 2.75) is 11.8 Å². The van der Waals surface area contributed by atoms with Gasteiger partial charge in [0.15, 0.2) is 0 Å². The molecule has 1 heterocycles. The van der Waals surface area contributed by atoms with E-state index in [4.69, 9.17) is 5.73 Å². The second kappa shape index (κ2) is 3.80. The number of halogens is 3. The quantitative estimate of drug-likeness (QED) is 0.802. The highest BCUT2D eigenvalue weighted by Gasteiger charge is 2.15. The van der Waals surface area contributed by atoms with E-state index < -0.39 is 6.43 Å². The van der Waals surface area contributed by atoms with E-state index in [0.717, 1.165) is 0 Å². The second-order valence-corrected chi connectivity index (χ2v) is 2.76. The van der Waals surface area contributed by atoms with E-state index in [0.29, 0.717) is 16.6 Å². The molecule has 0 bridgehead atoms. The van der Waals surface area contributed by atoms with Crippen molar-refractivity contribution in [3.63, 3.8) is 0 Å². The third-order valence-corrected chi connectivity index (χ3v) is 2.03. The number of aromatic nitrogens is 1. The number of nitrogen functional groups attached to an aromatic ring is 1.